The first-order valence-corrected chi connectivity index (χ1v) is 5.07. The lowest BCUT2D eigenvalue weighted by molar-refractivity contribution is -0.121. The number of ether oxygens (including phenoxy) is 1. The fraction of sp³-hybridized carbons (Fsp3) is 0.364. The van der Waals surface area contributed by atoms with Gasteiger partial charge >= 0.3 is 0 Å². The zero-order valence-electron chi connectivity index (χ0n) is 8.77. The summed E-state index contributed by atoms with van der Waals surface area (Å²) in [5.74, 6) is -0.179. The van der Waals surface area contributed by atoms with Crippen molar-refractivity contribution >= 4 is 11.6 Å². The minimum absolute atomic E-state index is 0.103. The second-order valence-electron chi connectivity index (χ2n) is 3.96. The molecule has 1 aliphatic heterocycles. The Morgan fingerprint density at radius 3 is 3.00 bits per heavy atom. The van der Waals surface area contributed by atoms with Crippen LogP contribution in [0, 0.1) is 0 Å². The number of amides is 1. The molecule has 0 aromatic heterocycles. The Kier molecular flexibility index (Phi) is 2.80. The number of carbonyl (C=O) groups excluding carboxylic acids is 1. The molecule has 16 heavy (non-hydrogen) atoms. The molecule has 0 spiro atoms. The average Bonchev–Trinajstić information content (AvgIpc) is 2.66. The van der Waals surface area contributed by atoms with Gasteiger partial charge in [-0.1, -0.05) is 6.07 Å². The van der Waals surface area contributed by atoms with Gasteiger partial charge in [-0.25, -0.2) is 0 Å². The summed E-state index contributed by atoms with van der Waals surface area (Å²) in [6.45, 7) is 0.738. The van der Waals surface area contributed by atoms with Crippen LogP contribution in [0.4, 0.5) is 5.69 Å². The van der Waals surface area contributed by atoms with E-state index in [9.17, 15) is 9.90 Å². The molecule has 5 nitrogen and oxygen atoms in total. The highest BCUT2D eigenvalue weighted by molar-refractivity contribution is 5.98. The van der Waals surface area contributed by atoms with Crippen LogP contribution < -0.4 is 11.1 Å². The summed E-state index contributed by atoms with van der Waals surface area (Å²) in [7, 11) is 0. The number of phenolic OH excluding ortho intramolecular Hbond substituents is 1. The minimum Gasteiger partial charge on any atom is -0.508 e. The van der Waals surface area contributed by atoms with E-state index in [0.29, 0.717) is 18.7 Å². The lowest BCUT2D eigenvalue weighted by Crippen LogP contribution is -2.51. The maximum absolute atomic E-state index is 11.9. The van der Waals surface area contributed by atoms with E-state index < -0.39 is 5.54 Å². The van der Waals surface area contributed by atoms with E-state index in [1.807, 2.05) is 0 Å². The molecule has 1 aliphatic rings. The van der Waals surface area contributed by atoms with Gasteiger partial charge in [-0.3, -0.25) is 4.79 Å². The van der Waals surface area contributed by atoms with Crippen molar-refractivity contribution in [3.63, 3.8) is 0 Å². The summed E-state index contributed by atoms with van der Waals surface area (Å²) >= 11 is 0. The molecule has 2 rings (SSSR count). The van der Waals surface area contributed by atoms with E-state index in [-0.39, 0.29) is 18.3 Å². The molecular weight excluding hydrogens is 208 g/mol. The van der Waals surface area contributed by atoms with Gasteiger partial charge in [0.1, 0.15) is 11.3 Å². The molecule has 0 radical (unpaired) electrons. The number of benzene rings is 1. The van der Waals surface area contributed by atoms with Crippen LogP contribution in [0.2, 0.25) is 0 Å². The van der Waals surface area contributed by atoms with E-state index in [2.05, 4.69) is 5.32 Å². The first-order chi connectivity index (χ1) is 7.60. The molecular formula is C11H14N2O3. The van der Waals surface area contributed by atoms with Crippen molar-refractivity contribution < 1.29 is 14.6 Å². The maximum Gasteiger partial charge on any atom is 0.246 e. The van der Waals surface area contributed by atoms with Gasteiger partial charge in [-0.2, -0.15) is 0 Å². The number of nitrogens with one attached hydrogen (secondary N) is 1. The smallest absolute Gasteiger partial charge is 0.246 e. The van der Waals surface area contributed by atoms with Gasteiger partial charge < -0.3 is 20.9 Å². The fourth-order valence-electron chi connectivity index (χ4n) is 1.60. The molecule has 1 fully saturated rings. The molecule has 0 aliphatic carbocycles. The van der Waals surface area contributed by atoms with Crippen molar-refractivity contribution in [1.82, 2.24) is 0 Å². The van der Waals surface area contributed by atoms with Crippen molar-refractivity contribution in [2.24, 2.45) is 5.73 Å². The van der Waals surface area contributed by atoms with Crippen LogP contribution >= 0.6 is 0 Å². The number of anilines is 1. The highest BCUT2D eigenvalue weighted by Gasteiger charge is 2.38. The van der Waals surface area contributed by atoms with E-state index >= 15 is 0 Å². The molecule has 0 saturated carbocycles. The average molecular weight is 222 g/mol. The molecule has 1 heterocycles. The molecule has 1 atom stereocenters. The Labute approximate surface area is 93.2 Å². The number of rotatable bonds is 2. The van der Waals surface area contributed by atoms with Gasteiger partial charge in [0.2, 0.25) is 5.91 Å². The Morgan fingerprint density at radius 2 is 2.38 bits per heavy atom. The molecule has 1 aromatic carbocycles. The fourth-order valence-corrected chi connectivity index (χ4v) is 1.60. The Hall–Kier alpha value is -1.59. The number of aromatic hydroxyl groups is 1. The summed E-state index contributed by atoms with van der Waals surface area (Å²) in [6, 6.07) is 6.35. The van der Waals surface area contributed by atoms with Crippen molar-refractivity contribution in [2.75, 3.05) is 18.5 Å². The van der Waals surface area contributed by atoms with Crippen LogP contribution in [-0.4, -0.2) is 29.8 Å². The van der Waals surface area contributed by atoms with Crippen LogP contribution in [0.1, 0.15) is 6.42 Å². The van der Waals surface area contributed by atoms with Gasteiger partial charge in [0.25, 0.3) is 0 Å². The van der Waals surface area contributed by atoms with E-state index in [0.717, 1.165) is 0 Å². The number of phenols is 1. The zero-order valence-corrected chi connectivity index (χ0v) is 8.77. The van der Waals surface area contributed by atoms with Crippen LogP contribution in [0.25, 0.3) is 0 Å². The Morgan fingerprint density at radius 1 is 1.56 bits per heavy atom. The van der Waals surface area contributed by atoms with Gasteiger partial charge in [-0.15, -0.1) is 0 Å². The van der Waals surface area contributed by atoms with Crippen molar-refractivity contribution in [3.05, 3.63) is 24.3 Å². The maximum atomic E-state index is 11.9. The molecule has 1 unspecified atom stereocenters. The highest BCUT2D eigenvalue weighted by atomic mass is 16.5. The largest absolute Gasteiger partial charge is 0.508 e. The third kappa shape index (κ3) is 2.15. The summed E-state index contributed by atoms with van der Waals surface area (Å²) in [6.07, 6.45) is 0.512. The molecule has 1 aromatic rings. The molecule has 0 bridgehead atoms. The molecule has 5 heteroatoms. The van der Waals surface area contributed by atoms with Crippen LogP contribution in [0.3, 0.4) is 0 Å². The summed E-state index contributed by atoms with van der Waals surface area (Å²) in [4.78, 5) is 11.9. The van der Waals surface area contributed by atoms with Crippen LogP contribution in [0.15, 0.2) is 24.3 Å². The second-order valence-corrected chi connectivity index (χ2v) is 3.96. The number of hydrogen-bond acceptors (Lipinski definition) is 4. The molecule has 1 amide bonds. The van der Waals surface area contributed by atoms with E-state index in [1.165, 1.54) is 12.1 Å². The lowest BCUT2D eigenvalue weighted by Gasteiger charge is -2.20. The first-order valence-electron chi connectivity index (χ1n) is 5.07. The SMILES string of the molecule is NC1(C(=O)Nc2cccc(O)c2)CCOC1. The summed E-state index contributed by atoms with van der Waals surface area (Å²) in [5.41, 5.74) is 5.47. The number of carbonyl (C=O) groups is 1. The van der Waals surface area contributed by atoms with E-state index in [4.69, 9.17) is 10.5 Å². The topological polar surface area (TPSA) is 84.6 Å². The molecule has 86 valence electrons. The van der Waals surface area contributed by atoms with Gasteiger partial charge in [0.15, 0.2) is 0 Å². The second kappa shape index (κ2) is 4.11. The van der Waals surface area contributed by atoms with Gasteiger partial charge in [-0.05, 0) is 18.6 Å². The van der Waals surface area contributed by atoms with Crippen molar-refractivity contribution in [2.45, 2.75) is 12.0 Å². The van der Waals surface area contributed by atoms with Crippen LogP contribution in [0.5, 0.6) is 5.75 Å². The zero-order chi connectivity index (χ0) is 11.6. The van der Waals surface area contributed by atoms with E-state index in [1.54, 1.807) is 12.1 Å². The van der Waals surface area contributed by atoms with Crippen molar-refractivity contribution in [3.8, 4) is 5.75 Å². The minimum atomic E-state index is -0.953. The number of nitrogens with two attached hydrogens (primary N) is 1. The van der Waals surface area contributed by atoms with Gasteiger partial charge in [0, 0.05) is 18.4 Å². The lowest BCUT2D eigenvalue weighted by atomic mass is 9.99. The normalized spacial score (nSPS) is 24.3. The first kappa shape index (κ1) is 10.9. The highest BCUT2D eigenvalue weighted by Crippen LogP contribution is 2.20. The quantitative estimate of drug-likeness (QED) is 0.678. The summed E-state index contributed by atoms with van der Waals surface area (Å²) in [5, 5.41) is 11.9. The molecule has 4 N–H and O–H groups in total. The van der Waals surface area contributed by atoms with Crippen molar-refractivity contribution in [1.29, 1.82) is 0 Å². The predicted molar refractivity (Wildman–Crippen MR) is 59.1 cm³/mol. The summed E-state index contributed by atoms with van der Waals surface area (Å²) < 4.78 is 5.11. The molecule has 1 saturated heterocycles. The predicted octanol–water partition coefficient (Wildman–Crippen LogP) is 0.448. The third-order valence-electron chi connectivity index (χ3n) is 2.61. The monoisotopic (exact) mass is 222 g/mol. The standard InChI is InChI=1S/C11H14N2O3/c12-11(4-5-16-7-11)10(15)13-8-2-1-3-9(14)6-8/h1-3,6,14H,4-5,7,12H2,(H,13,15). The Balaban J connectivity index is 2.07. The van der Waals surface area contributed by atoms with Crippen LogP contribution in [-0.2, 0) is 9.53 Å². The third-order valence-corrected chi connectivity index (χ3v) is 2.61. The number of hydrogen-bond donors (Lipinski definition) is 3. The van der Waals surface area contributed by atoms with Gasteiger partial charge in [0.05, 0.1) is 6.61 Å². The Bertz CT molecular complexity index is 400.